The maximum Gasteiger partial charge on any atom is 0.157 e. The molecule has 1 aliphatic heterocycles. The lowest BCUT2D eigenvalue weighted by molar-refractivity contribution is -0.0153. The summed E-state index contributed by atoms with van der Waals surface area (Å²) in [6.45, 7) is -0.375. The van der Waals surface area contributed by atoms with Gasteiger partial charge in [-0.1, -0.05) is 0 Å². The van der Waals surface area contributed by atoms with Crippen LogP contribution in [-0.2, 0) is 4.74 Å². The molecule has 4 N–H and O–H groups in total. The third-order valence-electron chi connectivity index (χ3n) is 2.70. The van der Waals surface area contributed by atoms with E-state index in [-0.39, 0.29) is 12.4 Å². The lowest BCUT2D eigenvalue weighted by atomic mass is 10.1. The third kappa shape index (κ3) is 2.55. The number of halogens is 1. The number of hydrogen-bond acceptors (Lipinski definition) is 5. The van der Waals surface area contributed by atoms with Crippen molar-refractivity contribution in [2.24, 2.45) is 0 Å². The van der Waals surface area contributed by atoms with Crippen LogP contribution in [0.15, 0.2) is 24.3 Å². The Morgan fingerprint density at radius 3 is 2.35 bits per heavy atom. The number of benzene rings is 1. The zero-order valence-corrected chi connectivity index (χ0v) is 8.95. The van der Waals surface area contributed by atoms with E-state index in [2.05, 4.69) is 5.32 Å². The zero-order chi connectivity index (χ0) is 12.4. The van der Waals surface area contributed by atoms with E-state index < -0.39 is 24.5 Å². The maximum atomic E-state index is 12.7. The van der Waals surface area contributed by atoms with Crippen LogP contribution in [-0.4, -0.2) is 46.5 Å². The molecule has 1 fully saturated rings. The highest BCUT2D eigenvalue weighted by atomic mass is 19.1. The monoisotopic (exact) mass is 243 g/mol. The Morgan fingerprint density at radius 1 is 1.18 bits per heavy atom. The summed E-state index contributed by atoms with van der Waals surface area (Å²) in [6.07, 6.45) is -3.93. The van der Waals surface area contributed by atoms with Gasteiger partial charge in [-0.15, -0.1) is 0 Å². The van der Waals surface area contributed by atoms with E-state index in [0.717, 1.165) is 0 Å². The van der Waals surface area contributed by atoms with E-state index >= 15 is 0 Å². The van der Waals surface area contributed by atoms with Crippen LogP contribution in [0, 0.1) is 5.82 Å². The van der Waals surface area contributed by atoms with Crippen molar-refractivity contribution in [2.45, 2.75) is 24.5 Å². The largest absolute Gasteiger partial charge is 0.394 e. The molecule has 0 saturated carbocycles. The first-order valence-corrected chi connectivity index (χ1v) is 5.26. The summed E-state index contributed by atoms with van der Waals surface area (Å²) in [5.74, 6) is -0.364. The van der Waals surface area contributed by atoms with Crippen molar-refractivity contribution in [3.8, 4) is 0 Å². The lowest BCUT2D eigenvalue weighted by Gasteiger charge is -2.17. The van der Waals surface area contributed by atoms with Crippen molar-refractivity contribution in [3.63, 3.8) is 0 Å². The van der Waals surface area contributed by atoms with Crippen LogP contribution in [0.25, 0.3) is 0 Å². The first kappa shape index (κ1) is 12.3. The summed E-state index contributed by atoms with van der Waals surface area (Å²) >= 11 is 0. The van der Waals surface area contributed by atoms with Crippen LogP contribution >= 0.6 is 0 Å². The van der Waals surface area contributed by atoms with Gasteiger partial charge in [-0.05, 0) is 24.3 Å². The normalized spacial score (nSPS) is 32.7. The highest BCUT2D eigenvalue weighted by molar-refractivity contribution is 5.43. The molecule has 1 heterocycles. The summed E-state index contributed by atoms with van der Waals surface area (Å²) in [6, 6.07) is 5.52. The Kier molecular flexibility index (Phi) is 3.58. The van der Waals surface area contributed by atoms with Gasteiger partial charge in [-0.2, -0.15) is 0 Å². The number of anilines is 1. The molecule has 0 unspecified atom stereocenters. The van der Waals surface area contributed by atoms with Crippen LogP contribution in [0.1, 0.15) is 0 Å². The molecule has 1 aromatic rings. The summed E-state index contributed by atoms with van der Waals surface area (Å²) in [4.78, 5) is 0. The fraction of sp³-hybridized carbons (Fsp3) is 0.455. The van der Waals surface area contributed by atoms with Crippen LogP contribution in [0.3, 0.4) is 0 Å². The number of rotatable bonds is 3. The van der Waals surface area contributed by atoms with Crippen LogP contribution in [0.2, 0.25) is 0 Å². The van der Waals surface area contributed by atoms with E-state index in [1.807, 2.05) is 0 Å². The van der Waals surface area contributed by atoms with Gasteiger partial charge in [0.15, 0.2) is 6.23 Å². The first-order valence-electron chi connectivity index (χ1n) is 5.26. The predicted octanol–water partition coefficient (Wildman–Crippen LogP) is -0.323. The second-order valence-electron chi connectivity index (χ2n) is 3.91. The molecular weight excluding hydrogens is 229 g/mol. The van der Waals surface area contributed by atoms with E-state index in [0.29, 0.717) is 5.69 Å². The van der Waals surface area contributed by atoms with Crippen molar-refractivity contribution in [2.75, 3.05) is 11.9 Å². The molecule has 0 aromatic heterocycles. The Morgan fingerprint density at radius 2 is 1.82 bits per heavy atom. The average molecular weight is 243 g/mol. The van der Waals surface area contributed by atoms with Crippen LogP contribution in [0.4, 0.5) is 10.1 Å². The molecule has 0 radical (unpaired) electrons. The molecule has 0 bridgehead atoms. The van der Waals surface area contributed by atoms with Crippen molar-refractivity contribution in [3.05, 3.63) is 30.1 Å². The number of aliphatic hydroxyl groups excluding tert-OH is 3. The van der Waals surface area contributed by atoms with Gasteiger partial charge >= 0.3 is 0 Å². The minimum absolute atomic E-state index is 0.364. The molecule has 2 rings (SSSR count). The Bertz CT molecular complexity index is 372. The summed E-state index contributed by atoms with van der Waals surface area (Å²) in [7, 11) is 0. The minimum Gasteiger partial charge on any atom is -0.394 e. The van der Waals surface area contributed by atoms with Gasteiger partial charge in [0, 0.05) is 5.69 Å². The maximum absolute atomic E-state index is 12.7. The second-order valence-corrected chi connectivity index (χ2v) is 3.91. The van der Waals surface area contributed by atoms with E-state index in [9.17, 15) is 14.6 Å². The summed E-state index contributed by atoms with van der Waals surface area (Å²) in [5, 5.41) is 30.9. The molecule has 0 aliphatic carbocycles. The highest BCUT2D eigenvalue weighted by Gasteiger charge is 2.42. The fourth-order valence-electron chi connectivity index (χ4n) is 1.73. The molecule has 1 aliphatic rings. The van der Waals surface area contributed by atoms with Gasteiger partial charge in [0.1, 0.15) is 24.1 Å². The van der Waals surface area contributed by atoms with Gasteiger partial charge in [0.25, 0.3) is 0 Å². The van der Waals surface area contributed by atoms with Gasteiger partial charge in [0.2, 0.25) is 0 Å². The standard InChI is InChI=1S/C11H14FNO4/c12-6-1-3-7(4-2-6)13-11-10(16)9(15)8(5-14)17-11/h1-4,8-11,13-16H,5H2/t8-,9+,10-,11-/m0/s1. The van der Waals surface area contributed by atoms with Crippen molar-refractivity contribution in [1.29, 1.82) is 0 Å². The first-order chi connectivity index (χ1) is 8.11. The van der Waals surface area contributed by atoms with Gasteiger partial charge in [0.05, 0.1) is 6.61 Å². The molecule has 94 valence electrons. The Balaban J connectivity index is 2.02. The van der Waals surface area contributed by atoms with Gasteiger partial charge < -0.3 is 25.4 Å². The SMILES string of the molecule is OC[C@@H]1O[C@H](Nc2ccc(F)cc2)[C@@H](O)[C@@H]1O. The second kappa shape index (κ2) is 4.97. The number of aliphatic hydroxyl groups is 3. The molecule has 1 saturated heterocycles. The minimum atomic E-state index is -1.14. The highest BCUT2D eigenvalue weighted by Crippen LogP contribution is 2.22. The molecule has 0 amide bonds. The Labute approximate surface area is 97.5 Å². The average Bonchev–Trinajstić information content (AvgIpc) is 2.60. The fourth-order valence-corrected chi connectivity index (χ4v) is 1.73. The molecule has 0 spiro atoms. The number of ether oxygens (including phenoxy) is 1. The smallest absolute Gasteiger partial charge is 0.157 e. The molecule has 1 aromatic carbocycles. The van der Waals surface area contributed by atoms with E-state index in [1.165, 1.54) is 24.3 Å². The number of nitrogens with one attached hydrogen (secondary N) is 1. The molecule has 6 heteroatoms. The third-order valence-corrected chi connectivity index (χ3v) is 2.70. The molecule has 5 nitrogen and oxygen atoms in total. The van der Waals surface area contributed by atoms with Crippen molar-refractivity contribution >= 4 is 5.69 Å². The molecule has 4 atom stereocenters. The van der Waals surface area contributed by atoms with Crippen molar-refractivity contribution < 1.29 is 24.4 Å². The summed E-state index contributed by atoms with van der Waals surface area (Å²) in [5.41, 5.74) is 0.557. The zero-order valence-electron chi connectivity index (χ0n) is 8.95. The Hall–Kier alpha value is -1.21. The van der Waals surface area contributed by atoms with Gasteiger partial charge in [-0.25, -0.2) is 4.39 Å². The lowest BCUT2D eigenvalue weighted by Crippen LogP contribution is -2.36. The van der Waals surface area contributed by atoms with Crippen LogP contribution in [0.5, 0.6) is 0 Å². The van der Waals surface area contributed by atoms with E-state index in [4.69, 9.17) is 9.84 Å². The number of hydrogen-bond donors (Lipinski definition) is 4. The molecule has 17 heavy (non-hydrogen) atoms. The quantitative estimate of drug-likeness (QED) is 0.585. The topological polar surface area (TPSA) is 82.0 Å². The van der Waals surface area contributed by atoms with Gasteiger partial charge in [-0.3, -0.25) is 0 Å². The molecular formula is C11H14FNO4. The van der Waals surface area contributed by atoms with Crippen molar-refractivity contribution in [1.82, 2.24) is 0 Å². The van der Waals surface area contributed by atoms with Crippen LogP contribution < -0.4 is 5.32 Å². The predicted molar refractivity (Wildman–Crippen MR) is 57.8 cm³/mol. The summed E-state index contributed by atoms with van der Waals surface area (Å²) < 4.78 is 17.9. The van der Waals surface area contributed by atoms with E-state index in [1.54, 1.807) is 0 Å².